The number of primary amides is 1. The third-order valence-electron chi connectivity index (χ3n) is 13.8. The van der Waals surface area contributed by atoms with Gasteiger partial charge in [0.15, 0.2) is 11.6 Å². The molecule has 1 aromatic rings. The number of nitrogens with zero attached hydrogens (tertiary/aromatic N) is 2. The van der Waals surface area contributed by atoms with Crippen molar-refractivity contribution in [3.05, 3.63) is 29.8 Å². The maximum Gasteiger partial charge on any atom is 0.410 e. The second-order valence-electron chi connectivity index (χ2n) is 21.0. The van der Waals surface area contributed by atoms with E-state index in [-0.39, 0.29) is 124 Å². The smallest absolute Gasteiger partial charge is 0.410 e. The summed E-state index contributed by atoms with van der Waals surface area (Å²) >= 11 is 0. The highest BCUT2D eigenvalue weighted by Gasteiger charge is 2.39. The molecule has 0 aliphatic heterocycles. The Morgan fingerprint density at radius 1 is 0.697 bits per heavy atom. The standard InChI is InChI=1S/C56H95N7O13/c1-13-39(8)52(40(9)73-12)62(10)54(70)46(36(2)3)32-48(67)51(38(6)7)63(11)56(72)76-34-41-23-25-43(26-24-41)60-53(69)42(19-17-27-59-55(58)71)31-47(66)50(37(4)5)61-49(68)35-75-30-29-74-28-18-22-44(64)20-15-14-16-21-45(65)33-57/h23-26,36-40,42,46,50-52H,13-22,27-35,57H2,1-12H3,(H,60,69)(H,61,68)(H3,58,59,71)/t39-,40+,42+,46-,50-,51?,52-/m0/s1. The molecular formula is C56H95N7O13. The van der Waals surface area contributed by atoms with Gasteiger partial charge in [-0.25, -0.2) is 9.59 Å². The van der Waals surface area contributed by atoms with Crippen LogP contribution in [-0.2, 0) is 59.1 Å². The van der Waals surface area contributed by atoms with Gasteiger partial charge < -0.3 is 56.2 Å². The van der Waals surface area contributed by atoms with Gasteiger partial charge in [0.25, 0.3) is 0 Å². The molecule has 0 saturated heterocycles. The second kappa shape index (κ2) is 37.5. The molecule has 0 spiro atoms. The molecule has 0 heterocycles. The third kappa shape index (κ3) is 26.2. The van der Waals surface area contributed by atoms with Gasteiger partial charge in [-0.3, -0.25) is 33.6 Å². The Labute approximate surface area is 452 Å². The zero-order chi connectivity index (χ0) is 57.5. The molecule has 20 heteroatoms. The van der Waals surface area contributed by atoms with Gasteiger partial charge in [0.1, 0.15) is 24.8 Å². The molecule has 76 heavy (non-hydrogen) atoms. The largest absolute Gasteiger partial charge is 0.445 e. The summed E-state index contributed by atoms with van der Waals surface area (Å²) in [5.74, 6) is -3.61. The normalized spacial score (nSPS) is 14.2. The molecule has 0 bridgehead atoms. The molecule has 7 atom stereocenters. The topological polar surface area (TPSA) is 285 Å². The molecule has 1 rings (SSSR count). The Kier molecular flexibility index (Phi) is 33.9. The van der Waals surface area contributed by atoms with E-state index in [1.807, 2.05) is 34.6 Å². The highest BCUT2D eigenvalue weighted by atomic mass is 16.6. The van der Waals surface area contributed by atoms with Crippen molar-refractivity contribution in [3.63, 3.8) is 0 Å². The molecule has 20 nitrogen and oxygen atoms in total. The number of benzene rings is 1. The SMILES string of the molecule is CC[C@H](C)[C@@H]([C@@H](C)OC)N(C)C(=O)[C@@H](CC(=O)C(C(C)C)N(C)C(=O)OCc1ccc(NC(=O)[C@H](CCCNC(N)=O)CC(=O)[C@@H](NC(=O)COCCOCCCC(=O)CCCCCC(=O)CN)C(C)C)cc1)C(C)C. The number of nitrogens with one attached hydrogen (secondary N) is 3. The number of ether oxygens (including phenoxy) is 4. The van der Waals surface area contributed by atoms with E-state index in [0.717, 1.165) is 25.7 Å². The fourth-order valence-corrected chi connectivity index (χ4v) is 9.11. The Morgan fingerprint density at radius 2 is 1.32 bits per heavy atom. The van der Waals surface area contributed by atoms with Gasteiger partial charge in [-0.15, -0.1) is 0 Å². The monoisotopic (exact) mass is 1070 g/mol. The number of Topliss-reactive ketones (excluding diaryl/α,β-unsaturated/α-hetero) is 4. The molecule has 7 N–H and O–H groups in total. The van der Waals surface area contributed by atoms with Crippen molar-refractivity contribution in [2.75, 3.05) is 66.0 Å². The molecule has 6 amide bonds. The number of amides is 6. The minimum Gasteiger partial charge on any atom is -0.445 e. The van der Waals surface area contributed by atoms with Crippen LogP contribution in [0.4, 0.5) is 15.3 Å². The number of urea groups is 1. The van der Waals surface area contributed by atoms with Crippen LogP contribution in [0.15, 0.2) is 24.3 Å². The maximum absolute atomic E-state index is 14.0. The fraction of sp³-hybridized carbons (Fsp3) is 0.732. The highest BCUT2D eigenvalue weighted by Crippen LogP contribution is 2.27. The number of rotatable bonds is 41. The summed E-state index contributed by atoms with van der Waals surface area (Å²) in [7, 11) is 4.89. The molecule has 1 unspecified atom stereocenters. The van der Waals surface area contributed by atoms with Crippen LogP contribution in [0.2, 0.25) is 0 Å². The summed E-state index contributed by atoms with van der Waals surface area (Å²) in [4.78, 5) is 120. The summed E-state index contributed by atoms with van der Waals surface area (Å²) in [5, 5.41) is 8.09. The van der Waals surface area contributed by atoms with E-state index in [2.05, 4.69) is 29.8 Å². The number of unbranched alkanes of at least 4 members (excludes halogenated alkanes) is 2. The number of hydrogen-bond acceptors (Lipinski definition) is 14. The lowest BCUT2D eigenvalue weighted by Crippen LogP contribution is -2.52. The Hall–Kier alpha value is -5.31. The maximum atomic E-state index is 14.0. The number of anilines is 1. The first-order valence-electron chi connectivity index (χ1n) is 27.3. The summed E-state index contributed by atoms with van der Waals surface area (Å²) in [6.45, 7) is 17.6. The van der Waals surface area contributed by atoms with Crippen molar-refractivity contribution in [3.8, 4) is 0 Å². The first-order chi connectivity index (χ1) is 35.9. The fourth-order valence-electron chi connectivity index (χ4n) is 9.11. The van der Waals surface area contributed by atoms with Gasteiger partial charge in [0.2, 0.25) is 17.7 Å². The number of ketones is 4. The Bertz CT molecular complexity index is 1950. The van der Waals surface area contributed by atoms with E-state index >= 15 is 0 Å². The van der Waals surface area contributed by atoms with Crippen LogP contribution in [0.25, 0.3) is 0 Å². The van der Waals surface area contributed by atoms with Crippen LogP contribution in [0.1, 0.15) is 145 Å². The van der Waals surface area contributed by atoms with Gasteiger partial charge in [-0.1, -0.05) is 80.4 Å². The highest BCUT2D eigenvalue weighted by molar-refractivity contribution is 5.97. The van der Waals surface area contributed by atoms with Crippen LogP contribution in [0.3, 0.4) is 0 Å². The minimum atomic E-state index is -0.918. The zero-order valence-corrected chi connectivity index (χ0v) is 47.9. The van der Waals surface area contributed by atoms with E-state index < -0.39 is 47.9 Å². The van der Waals surface area contributed by atoms with Crippen molar-refractivity contribution >= 4 is 58.7 Å². The van der Waals surface area contributed by atoms with Crippen LogP contribution < -0.4 is 27.4 Å². The van der Waals surface area contributed by atoms with Crippen LogP contribution >= 0.6 is 0 Å². The second-order valence-corrected chi connectivity index (χ2v) is 21.0. The van der Waals surface area contributed by atoms with E-state index in [1.54, 1.807) is 57.2 Å². The lowest BCUT2D eigenvalue weighted by molar-refractivity contribution is -0.145. The van der Waals surface area contributed by atoms with Crippen molar-refractivity contribution in [2.45, 2.75) is 170 Å². The molecule has 0 radical (unpaired) electrons. The van der Waals surface area contributed by atoms with Crippen LogP contribution in [-0.4, -0.2) is 148 Å². The molecule has 432 valence electrons. The van der Waals surface area contributed by atoms with Crippen molar-refractivity contribution in [1.82, 2.24) is 20.4 Å². The number of carbonyl (C=O) groups excluding carboxylic acids is 9. The summed E-state index contributed by atoms with van der Waals surface area (Å²) in [5.41, 5.74) is 11.6. The zero-order valence-electron chi connectivity index (χ0n) is 47.9. The average molecular weight is 1070 g/mol. The third-order valence-corrected chi connectivity index (χ3v) is 13.8. The van der Waals surface area contributed by atoms with Gasteiger partial charge in [0, 0.05) is 84.0 Å². The molecule has 0 aliphatic carbocycles. The molecule has 0 aromatic heterocycles. The van der Waals surface area contributed by atoms with E-state index in [1.165, 1.54) is 11.9 Å². The molecule has 0 aliphatic rings. The van der Waals surface area contributed by atoms with Crippen molar-refractivity contribution in [2.24, 2.45) is 47.0 Å². The van der Waals surface area contributed by atoms with Gasteiger partial charge in [-0.2, -0.15) is 0 Å². The first-order valence-corrected chi connectivity index (χ1v) is 27.3. The summed E-state index contributed by atoms with van der Waals surface area (Å²) in [6, 6.07) is 3.91. The predicted molar refractivity (Wildman–Crippen MR) is 292 cm³/mol. The van der Waals surface area contributed by atoms with Crippen LogP contribution in [0.5, 0.6) is 0 Å². The summed E-state index contributed by atoms with van der Waals surface area (Å²) < 4.78 is 22.3. The number of carbonyl (C=O) groups is 9. The van der Waals surface area contributed by atoms with Gasteiger partial charge in [-0.05, 0) is 80.4 Å². The average Bonchev–Trinajstić information content (AvgIpc) is 3.37. The van der Waals surface area contributed by atoms with Gasteiger partial charge >= 0.3 is 12.1 Å². The molecule has 0 saturated carbocycles. The van der Waals surface area contributed by atoms with E-state index in [4.69, 9.17) is 30.4 Å². The molecule has 1 aromatic carbocycles. The number of nitrogens with two attached hydrogens (primary N) is 2. The molecule has 0 fully saturated rings. The Morgan fingerprint density at radius 3 is 1.88 bits per heavy atom. The Balaban J connectivity index is 2.87. The summed E-state index contributed by atoms with van der Waals surface area (Å²) in [6.07, 6.45) is 4.31. The van der Waals surface area contributed by atoms with E-state index in [9.17, 15) is 43.2 Å². The molecular weight excluding hydrogens is 979 g/mol. The first kappa shape index (κ1) is 68.7. The number of hydrogen-bond donors (Lipinski definition) is 5. The number of likely N-dealkylation sites (N-methyl/N-ethyl adjacent to an activating group) is 2. The lowest BCUT2D eigenvalue weighted by atomic mass is 9.84. The van der Waals surface area contributed by atoms with Crippen molar-refractivity contribution < 1.29 is 62.1 Å². The van der Waals surface area contributed by atoms with Gasteiger partial charge in [0.05, 0.1) is 44.0 Å². The lowest BCUT2D eigenvalue weighted by Gasteiger charge is -2.39. The van der Waals surface area contributed by atoms with Crippen LogP contribution in [0, 0.1) is 35.5 Å². The minimum absolute atomic E-state index is 0.0231. The van der Waals surface area contributed by atoms with Crippen molar-refractivity contribution in [1.29, 1.82) is 0 Å². The van der Waals surface area contributed by atoms with E-state index in [0.29, 0.717) is 50.0 Å². The number of methoxy groups -OCH3 is 1. The quantitative estimate of drug-likeness (QED) is 0.0445. The predicted octanol–water partition coefficient (Wildman–Crippen LogP) is 6.38.